The molecule has 1 aliphatic rings. The highest BCUT2D eigenvalue weighted by molar-refractivity contribution is 5.91. The summed E-state index contributed by atoms with van der Waals surface area (Å²) in [6.45, 7) is 4.17. The summed E-state index contributed by atoms with van der Waals surface area (Å²) >= 11 is 0. The van der Waals surface area contributed by atoms with Gasteiger partial charge >= 0.3 is 6.18 Å². The Morgan fingerprint density at radius 2 is 2.00 bits per heavy atom. The number of benzene rings is 1. The number of halogens is 3. The first-order valence-electron chi connectivity index (χ1n) is 8.85. The van der Waals surface area contributed by atoms with Crippen molar-refractivity contribution in [1.29, 1.82) is 0 Å². The van der Waals surface area contributed by atoms with Crippen LogP contribution in [-0.2, 0) is 23.4 Å². The van der Waals surface area contributed by atoms with Gasteiger partial charge in [-0.2, -0.15) is 18.0 Å². The van der Waals surface area contributed by atoms with Crippen LogP contribution in [0.3, 0.4) is 0 Å². The highest BCUT2D eigenvalue weighted by Gasteiger charge is 2.46. The van der Waals surface area contributed by atoms with Gasteiger partial charge in [-0.15, -0.1) is 27.0 Å². The number of anilines is 2. The minimum atomic E-state index is -4.43. The third-order valence-electron chi connectivity index (χ3n) is 4.76. The fourth-order valence-corrected chi connectivity index (χ4v) is 3.14. The fraction of sp³-hybridized carbons (Fsp3) is 0.278. The molecule has 1 amide bonds. The van der Waals surface area contributed by atoms with E-state index >= 15 is 0 Å². The van der Waals surface area contributed by atoms with Gasteiger partial charge in [0.2, 0.25) is 11.8 Å². The number of amides is 1. The van der Waals surface area contributed by atoms with E-state index < -0.39 is 17.2 Å². The van der Waals surface area contributed by atoms with Gasteiger partial charge in [-0.05, 0) is 30.7 Å². The third kappa shape index (κ3) is 3.29. The molecule has 0 unspecified atom stereocenters. The predicted molar refractivity (Wildman–Crippen MR) is 98.5 cm³/mol. The van der Waals surface area contributed by atoms with Crippen LogP contribution in [0.1, 0.15) is 17.9 Å². The summed E-state index contributed by atoms with van der Waals surface area (Å²) in [5.41, 5.74) is -1.33. The number of nitrogens with zero attached hydrogens (tertiary/aromatic N) is 5. The zero-order valence-corrected chi connectivity index (χ0v) is 15.7. The number of rotatable bonds is 5. The summed E-state index contributed by atoms with van der Waals surface area (Å²) in [7, 11) is 1.56. The average Bonchev–Trinajstić information content (AvgIpc) is 3.40. The van der Waals surface area contributed by atoms with E-state index in [1.54, 1.807) is 7.05 Å². The summed E-state index contributed by atoms with van der Waals surface area (Å²) in [5, 5.41) is 21.9. The van der Waals surface area contributed by atoms with Crippen LogP contribution in [-0.4, -0.2) is 37.6 Å². The number of nitrogens with one attached hydrogen (secondary N) is 2. The second kappa shape index (κ2) is 6.97. The van der Waals surface area contributed by atoms with Gasteiger partial charge in [-0.1, -0.05) is 6.08 Å². The second-order valence-electron chi connectivity index (χ2n) is 6.68. The van der Waals surface area contributed by atoms with Gasteiger partial charge in [0.25, 0.3) is 5.89 Å². The summed E-state index contributed by atoms with van der Waals surface area (Å²) in [6, 6.07) is 4.46. The molecule has 4 rings (SSSR count). The molecular weight excluding hydrogens is 403 g/mol. The van der Waals surface area contributed by atoms with Crippen LogP contribution in [0, 0.1) is 0 Å². The van der Waals surface area contributed by atoms with Crippen LogP contribution < -0.4 is 10.6 Å². The summed E-state index contributed by atoms with van der Waals surface area (Å²) < 4.78 is 43.9. The Labute approximate surface area is 168 Å². The molecule has 0 spiro atoms. The van der Waals surface area contributed by atoms with Crippen molar-refractivity contribution in [3.05, 3.63) is 48.4 Å². The molecule has 30 heavy (non-hydrogen) atoms. The van der Waals surface area contributed by atoms with E-state index in [-0.39, 0.29) is 29.2 Å². The lowest BCUT2D eigenvalue weighted by atomic mass is 9.86. The van der Waals surface area contributed by atoms with E-state index in [9.17, 15) is 18.0 Å². The number of carbonyl (C=O) groups excluding carboxylic acids is 1. The zero-order valence-electron chi connectivity index (χ0n) is 15.7. The molecule has 0 radical (unpaired) electrons. The Hall–Kier alpha value is -3.70. The molecular formula is C18H16F3N7O2. The molecule has 0 saturated carbocycles. The minimum Gasteiger partial charge on any atom is -0.418 e. The molecule has 2 aromatic heterocycles. The standard InChI is InChI=1S/C18H16F3N7O2/c1-3-17(8-9-22-15(17)29)16-25-24-14(30-16)12-13(27-28(2)26-12)23-11-6-4-10(5-7-11)18(19,20)21/h3-7H,1,8-9H2,2H3,(H,22,29)(H,23,27)/t17-/m0/s1. The maximum atomic E-state index is 12.7. The molecule has 12 heteroatoms. The van der Waals surface area contributed by atoms with E-state index in [4.69, 9.17) is 4.42 Å². The largest absolute Gasteiger partial charge is 0.418 e. The molecule has 1 saturated heterocycles. The molecule has 156 valence electrons. The fourth-order valence-electron chi connectivity index (χ4n) is 3.14. The van der Waals surface area contributed by atoms with Gasteiger partial charge in [0, 0.05) is 19.3 Å². The van der Waals surface area contributed by atoms with Crippen LogP contribution >= 0.6 is 0 Å². The molecule has 1 fully saturated rings. The smallest absolute Gasteiger partial charge is 0.416 e. The lowest BCUT2D eigenvalue weighted by Crippen LogP contribution is -2.33. The van der Waals surface area contributed by atoms with Crippen LogP contribution in [0.4, 0.5) is 24.7 Å². The van der Waals surface area contributed by atoms with Crippen molar-refractivity contribution >= 4 is 17.4 Å². The van der Waals surface area contributed by atoms with E-state index in [2.05, 4.69) is 37.6 Å². The van der Waals surface area contributed by atoms with Gasteiger partial charge in [0.1, 0.15) is 5.41 Å². The zero-order chi connectivity index (χ0) is 21.5. The van der Waals surface area contributed by atoms with Gasteiger partial charge in [-0.3, -0.25) is 4.79 Å². The highest BCUT2D eigenvalue weighted by atomic mass is 19.4. The van der Waals surface area contributed by atoms with Crippen LogP contribution in [0.15, 0.2) is 41.3 Å². The lowest BCUT2D eigenvalue weighted by molar-refractivity contribution is -0.137. The van der Waals surface area contributed by atoms with Crippen LogP contribution in [0.5, 0.6) is 0 Å². The number of carbonyl (C=O) groups is 1. The molecule has 1 aliphatic heterocycles. The number of aromatic nitrogens is 5. The monoisotopic (exact) mass is 419 g/mol. The van der Waals surface area contributed by atoms with Crippen LogP contribution in [0.2, 0.25) is 0 Å². The first-order valence-corrected chi connectivity index (χ1v) is 8.85. The van der Waals surface area contributed by atoms with E-state index in [0.29, 0.717) is 18.7 Å². The number of alkyl halides is 3. The number of aryl methyl sites for hydroxylation is 1. The first kappa shape index (κ1) is 19.6. The van der Waals surface area contributed by atoms with Crippen molar-refractivity contribution in [2.75, 3.05) is 11.9 Å². The van der Waals surface area contributed by atoms with Gasteiger partial charge < -0.3 is 15.1 Å². The van der Waals surface area contributed by atoms with Crippen molar-refractivity contribution in [3.8, 4) is 11.6 Å². The van der Waals surface area contributed by atoms with E-state index in [1.807, 2.05) is 0 Å². The Morgan fingerprint density at radius 1 is 1.27 bits per heavy atom. The maximum Gasteiger partial charge on any atom is 0.416 e. The molecule has 1 atom stereocenters. The van der Waals surface area contributed by atoms with Crippen molar-refractivity contribution in [1.82, 2.24) is 30.5 Å². The molecule has 0 bridgehead atoms. The Bertz CT molecular complexity index is 1100. The lowest BCUT2D eigenvalue weighted by Gasteiger charge is -2.15. The summed E-state index contributed by atoms with van der Waals surface area (Å²) in [5.74, 6) is 0.00741. The number of hydrogen-bond acceptors (Lipinski definition) is 7. The van der Waals surface area contributed by atoms with Gasteiger partial charge in [0.05, 0.1) is 5.56 Å². The summed E-state index contributed by atoms with van der Waals surface area (Å²) in [6.07, 6.45) is -2.54. The van der Waals surface area contributed by atoms with E-state index in [0.717, 1.165) is 12.1 Å². The van der Waals surface area contributed by atoms with Gasteiger partial charge in [-0.25, -0.2) is 0 Å². The molecule has 2 N–H and O–H groups in total. The second-order valence-corrected chi connectivity index (χ2v) is 6.68. The molecule has 3 heterocycles. The Kier molecular flexibility index (Phi) is 4.56. The molecule has 0 aliphatic carbocycles. The van der Waals surface area contributed by atoms with Crippen molar-refractivity contribution in [2.45, 2.75) is 18.0 Å². The van der Waals surface area contributed by atoms with Gasteiger partial charge in [0.15, 0.2) is 11.5 Å². The topological polar surface area (TPSA) is 111 Å². The average molecular weight is 419 g/mol. The number of hydrogen-bond donors (Lipinski definition) is 2. The van der Waals surface area contributed by atoms with E-state index in [1.165, 1.54) is 23.0 Å². The quantitative estimate of drug-likeness (QED) is 0.612. The Balaban J connectivity index is 1.64. The normalized spacial score (nSPS) is 19.0. The Morgan fingerprint density at radius 3 is 2.60 bits per heavy atom. The maximum absolute atomic E-state index is 12.7. The predicted octanol–water partition coefficient (Wildman–Crippen LogP) is 2.57. The molecule has 3 aromatic rings. The van der Waals surface area contributed by atoms with Crippen LogP contribution in [0.25, 0.3) is 11.6 Å². The van der Waals surface area contributed by atoms with Crippen molar-refractivity contribution in [2.24, 2.45) is 7.05 Å². The summed E-state index contributed by atoms with van der Waals surface area (Å²) in [4.78, 5) is 13.5. The first-order chi connectivity index (χ1) is 14.2. The van der Waals surface area contributed by atoms with Crippen molar-refractivity contribution in [3.63, 3.8) is 0 Å². The highest BCUT2D eigenvalue weighted by Crippen LogP contribution is 2.35. The third-order valence-corrected chi connectivity index (χ3v) is 4.76. The minimum absolute atomic E-state index is 0.00781. The molecule has 1 aromatic carbocycles. The van der Waals surface area contributed by atoms with Crippen molar-refractivity contribution < 1.29 is 22.4 Å². The SMILES string of the molecule is C=C[C@]1(c2nnc(-c3nn(C)nc3Nc3ccc(C(F)(F)F)cc3)o2)CCNC1=O. The molecule has 9 nitrogen and oxygen atoms in total.